The van der Waals surface area contributed by atoms with Gasteiger partial charge in [-0.2, -0.15) is 0 Å². The Morgan fingerprint density at radius 2 is 2.26 bits per heavy atom. The molecule has 0 bridgehead atoms. The Morgan fingerprint density at radius 3 is 3.04 bits per heavy atom. The number of hydrogen-bond acceptors (Lipinski definition) is 3. The minimum atomic E-state index is 0.241. The number of piperidine rings is 1. The molecule has 1 saturated carbocycles. The predicted octanol–water partition coefficient (Wildman–Crippen LogP) is 3.86. The number of hydrogen-bond donors (Lipinski definition) is 0. The molecule has 0 radical (unpaired) electrons. The summed E-state index contributed by atoms with van der Waals surface area (Å²) in [5.74, 6) is 2.00. The molecule has 23 heavy (non-hydrogen) atoms. The summed E-state index contributed by atoms with van der Waals surface area (Å²) in [6.07, 6.45) is 9.58. The molecule has 2 aliphatic rings. The number of thiophene rings is 1. The monoisotopic (exact) mass is 329 g/mol. The van der Waals surface area contributed by atoms with E-state index < -0.39 is 0 Å². The van der Waals surface area contributed by atoms with Crippen LogP contribution in [0.1, 0.15) is 65.6 Å². The van der Waals surface area contributed by atoms with Crippen LogP contribution in [0.2, 0.25) is 0 Å². The molecule has 2 aromatic heterocycles. The molecule has 2 fully saturated rings. The normalized spacial score (nSPS) is 21.6. The first kappa shape index (κ1) is 14.9. The van der Waals surface area contributed by atoms with Crippen LogP contribution in [-0.2, 0) is 6.42 Å². The molecule has 0 N–H and O–H groups in total. The number of carbonyl (C=O) groups is 1. The van der Waals surface area contributed by atoms with Gasteiger partial charge in [0.1, 0.15) is 5.82 Å². The maximum absolute atomic E-state index is 13.0. The highest BCUT2D eigenvalue weighted by Gasteiger charge is 2.32. The largest absolute Gasteiger partial charge is 0.336 e. The maximum atomic E-state index is 13.0. The summed E-state index contributed by atoms with van der Waals surface area (Å²) >= 11 is 1.62. The lowest BCUT2D eigenvalue weighted by molar-refractivity contribution is 0.0682. The predicted molar refractivity (Wildman–Crippen MR) is 92.1 cm³/mol. The summed E-state index contributed by atoms with van der Waals surface area (Å²) in [7, 11) is 0. The van der Waals surface area contributed by atoms with Crippen LogP contribution >= 0.6 is 11.3 Å². The smallest absolute Gasteiger partial charge is 0.264 e. The molecular weight excluding hydrogens is 306 g/mol. The van der Waals surface area contributed by atoms with Crippen LogP contribution in [0.4, 0.5) is 0 Å². The van der Waals surface area contributed by atoms with Crippen molar-refractivity contribution < 1.29 is 4.79 Å². The van der Waals surface area contributed by atoms with E-state index in [9.17, 15) is 4.79 Å². The van der Waals surface area contributed by atoms with E-state index >= 15 is 0 Å². The molecule has 2 aromatic rings. The zero-order chi connectivity index (χ0) is 15.8. The van der Waals surface area contributed by atoms with Crippen LogP contribution in [-0.4, -0.2) is 33.4 Å². The van der Waals surface area contributed by atoms with Crippen LogP contribution in [0.3, 0.4) is 0 Å². The van der Waals surface area contributed by atoms with Gasteiger partial charge in [0.05, 0.1) is 10.9 Å². The Morgan fingerprint density at radius 1 is 1.39 bits per heavy atom. The molecule has 0 unspecified atom stereocenters. The second-order valence-electron chi connectivity index (χ2n) is 6.63. The molecule has 122 valence electrons. The third kappa shape index (κ3) is 2.82. The Balaban J connectivity index is 1.52. The topological polar surface area (TPSA) is 38.1 Å². The summed E-state index contributed by atoms with van der Waals surface area (Å²) in [6.45, 7) is 3.83. The number of nitrogens with zero attached hydrogens (tertiary/aromatic N) is 3. The molecule has 1 saturated heterocycles. The summed E-state index contributed by atoms with van der Waals surface area (Å²) < 4.78 is 2.27. The fourth-order valence-corrected chi connectivity index (χ4v) is 4.62. The Kier molecular flexibility index (Phi) is 3.97. The van der Waals surface area contributed by atoms with Gasteiger partial charge in [0.2, 0.25) is 0 Å². The van der Waals surface area contributed by atoms with Gasteiger partial charge in [-0.15, -0.1) is 11.3 Å². The van der Waals surface area contributed by atoms with Gasteiger partial charge < -0.3 is 9.47 Å². The van der Waals surface area contributed by atoms with Crippen LogP contribution in [0, 0.1) is 0 Å². The van der Waals surface area contributed by atoms with E-state index in [-0.39, 0.29) is 5.91 Å². The van der Waals surface area contributed by atoms with E-state index in [0.29, 0.717) is 12.0 Å². The van der Waals surface area contributed by atoms with Gasteiger partial charge in [0.25, 0.3) is 5.91 Å². The number of aromatic nitrogens is 2. The molecule has 4 nitrogen and oxygen atoms in total. The Hall–Kier alpha value is -1.62. The third-order valence-electron chi connectivity index (χ3n) is 5.05. The zero-order valence-electron chi connectivity index (χ0n) is 13.6. The summed E-state index contributed by atoms with van der Waals surface area (Å²) in [5, 5.41) is 2.08. The number of likely N-dealkylation sites (tertiary alicyclic amines) is 1. The van der Waals surface area contributed by atoms with Crippen molar-refractivity contribution in [3.8, 4) is 0 Å². The minimum Gasteiger partial charge on any atom is -0.336 e. The Bertz CT molecular complexity index is 701. The average Bonchev–Trinajstić information content (AvgIpc) is 3.14. The van der Waals surface area contributed by atoms with Crippen molar-refractivity contribution in [2.75, 3.05) is 13.1 Å². The fraction of sp³-hybridized carbons (Fsp3) is 0.556. The van der Waals surface area contributed by atoms with Gasteiger partial charge in [-0.1, -0.05) is 6.92 Å². The van der Waals surface area contributed by atoms with Crippen molar-refractivity contribution in [1.29, 1.82) is 0 Å². The molecule has 3 heterocycles. The molecule has 1 amide bonds. The van der Waals surface area contributed by atoms with E-state index in [0.717, 1.165) is 43.1 Å². The Labute approximate surface area is 141 Å². The lowest BCUT2D eigenvalue weighted by Crippen LogP contribution is -2.40. The molecule has 4 rings (SSSR count). The van der Waals surface area contributed by atoms with E-state index in [1.54, 1.807) is 11.3 Å². The number of amides is 1. The van der Waals surface area contributed by atoms with Gasteiger partial charge in [-0.3, -0.25) is 4.79 Å². The maximum Gasteiger partial charge on any atom is 0.264 e. The number of aryl methyl sites for hydroxylation is 1. The molecule has 0 spiro atoms. The molecule has 1 aliphatic carbocycles. The van der Waals surface area contributed by atoms with Gasteiger partial charge in [0, 0.05) is 31.9 Å². The lowest BCUT2D eigenvalue weighted by atomic mass is 10.0. The van der Waals surface area contributed by atoms with Crippen LogP contribution in [0.25, 0.3) is 0 Å². The van der Waals surface area contributed by atoms with Crippen molar-refractivity contribution in [2.24, 2.45) is 0 Å². The zero-order valence-corrected chi connectivity index (χ0v) is 14.4. The first-order chi connectivity index (χ1) is 11.3. The summed E-state index contributed by atoms with van der Waals surface area (Å²) in [4.78, 5) is 20.5. The van der Waals surface area contributed by atoms with E-state index in [2.05, 4.69) is 39.0 Å². The third-order valence-corrected chi connectivity index (χ3v) is 5.97. The van der Waals surface area contributed by atoms with E-state index in [4.69, 9.17) is 0 Å². The van der Waals surface area contributed by atoms with Crippen molar-refractivity contribution in [1.82, 2.24) is 14.5 Å². The number of carbonyl (C=O) groups excluding carboxylic acids is 1. The average molecular weight is 329 g/mol. The second-order valence-corrected chi connectivity index (χ2v) is 7.55. The van der Waals surface area contributed by atoms with Crippen LogP contribution in [0.5, 0.6) is 0 Å². The van der Waals surface area contributed by atoms with E-state index in [1.807, 2.05) is 6.20 Å². The van der Waals surface area contributed by atoms with Crippen molar-refractivity contribution in [3.63, 3.8) is 0 Å². The van der Waals surface area contributed by atoms with Gasteiger partial charge >= 0.3 is 0 Å². The highest BCUT2D eigenvalue weighted by molar-refractivity contribution is 7.12. The first-order valence-electron chi connectivity index (χ1n) is 8.66. The molecule has 0 aromatic carbocycles. The fourth-order valence-electron chi connectivity index (χ4n) is 3.67. The number of imidazole rings is 1. The summed E-state index contributed by atoms with van der Waals surface area (Å²) in [6, 6.07) is 2.52. The molecule has 5 heteroatoms. The van der Waals surface area contributed by atoms with Crippen molar-refractivity contribution in [3.05, 3.63) is 40.1 Å². The van der Waals surface area contributed by atoms with E-state index in [1.165, 1.54) is 18.4 Å². The van der Waals surface area contributed by atoms with Crippen molar-refractivity contribution >= 4 is 17.2 Å². The van der Waals surface area contributed by atoms with Gasteiger partial charge in [0.15, 0.2) is 0 Å². The first-order valence-corrected chi connectivity index (χ1v) is 9.54. The molecular formula is C18H23N3OS. The molecule has 1 atom stereocenters. The lowest BCUT2D eigenvalue weighted by Gasteiger charge is -2.34. The highest BCUT2D eigenvalue weighted by Crippen LogP contribution is 2.43. The standard InChI is InChI=1S/C18H23N3OS/c1-2-16-19-8-10-21(16)14-4-3-9-20(12-14)18(22)17-15(7-11-23-17)13-5-6-13/h7-8,10-11,13-14H,2-6,9,12H2,1H3/t14-/m1/s1. The van der Waals surface area contributed by atoms with Crippen LogP contribution < -0.4 is 0 Å². The van der Waals surface area contributed by atoms with Crippen molar-refractivity contribution in [2.45, 2.75) is 51.0 Å². The second kappa shape index (κ2) is 6.11. The minimum absolute atomic E-state index is 0.241. The molecule has 1 aliphatic heterocycles. The highest BCUT2D eigenvalue weighted by atomic mass is 32.1. The van der Waals surface area contributed by atoms with Crippen LogP contribution in [0.15, 0.2) is 23.8 Å². The summed E-state index contributed by atoms with van der Waals surface area (Å²) in [5.41, 5.74) is 1.29. The van der Waals surface area contributed by atoms with Gasteiger partial charge in [-0.25, -0.2) is 4.98 Å². The quantitative estimate of drug-likeness (QED) is 0.854. The SMILES string of the molecule is CCc1nccn1[C@@H]1CCCN(C(=O)c2sccc2C2CC2)C1. The number of rotatable bonds is 4. The van der Waals surface area contributed by atoms with Gasteiger partial charge in [-0.05, 0) is 48.6 Å².